The summed E-state index contributed by atoms with van der Waals surface area (Å²) in [6.45, 7) is 1.06. The lowest BCUT2D eigenvalue weighted by Gasteiger charge is -2.31. The molecule has 0 aromatic heterocycles. The van der Waals surface area contributed by atoms with Crippen molar-refractivity contribution in [1.82, 2.24) is 10.2 Å². The van der Waals surface area contributed by atoms with Gasteiger partial charge in [-0.25, -0.2) is 0 Å². The molecule has 1 aliphatic rings. The van der Waals surface area contributed by atoms with Gasteiger partial charge in [0.2, 0.25) is 5.91 Å². The third kappa shape index (κ3) is 4.20. The van der Waals surface area contributed by atoms with Gasteiger partial charge >= 0.3 is 0 Å². The lowest BCUT2D eigenvalue weighted by atomic mass is 9.95. The minimum Gasteiger partial charge on any atom is -0.496 e. The van der Waals surface area contributed by atoms with Gasteiger partial charge < -0.3 is 20.7 Å². The summed E-state index contributed by atoms with van der Waals surface area (Å²) in [6.07, 6.45) is 1.30. The summed E-state index contributed by atoms with van der Waals surface area (Å²) >= 11 is 6.01. The van der Waals surface area contributed by atoms with Gasteiger partial charge in [0.05, 0.1) is 23.4 Å². The summed E-state index contributed by atoms with van der Waals surface area (Å²) in [4.78, 5) is 26.0. The third-order valence-corrected chi connectivity index (χ3v) is 4.28. The van der Waals surface area contributed by atoms with Crippen molar-refractivity contribution in [2.45, 2.75) is 12.8 Å². The number of nitrogens with two attached hydrogens (primary N) is 1. The summed E-state index contributed by atoms with van der Waals surface area (Å²) in [5.41, 5.74) is 6.49. The number of carbonyl (C=O) groups is 2. The second-order valence-corrected chi connectivity index (χ2v) is 5.66. The summed E-state index contributed by atoms with van der Waals surface area (Å²) in [6, 6.07) is 3.08. The normalized spacial score (nSPS) is 14.8. The van der Waals surface area contributed by atoms with Crippen molar-refractivity contribution in [2.75, 3.05) is 33.0 Å². The van der Waals surface area contributed by atoms with Gasteiger partial charge in [0.1, 0.15) is 5.75 Å². The first-order chi connectivity index (χ1) is 10.5. The van der Waals surface area contributed by atoms with E-state index in [2.05, 4.69) is 5.32 Å². The summed E-state index contributed by atoms with van der Waals surface area (Å²) in [5.74, 6) is 0.237. The van der Waals surface area contributed by atoms with Crippen molar-refractivity contribution in [3.8, 4) is 5.75 Å². The topological polar surface area (TPSA) is 84.7 Å². The number of methoxy groups -OCH3 is 1. The molecule has 0 unspecified atom stereocenters. The summed E-state index contributed by atoms with van der Waals surface area (Å²) in [7, 11) is 3.11. The molecule has 0 bridgehead atoms. The minimum atomic E-state index is -0.158. The molecule has 0 radical (unpaired) electrons. The average Bonchev–Trinajstić information content (AvgIpc) is 2.55. The zero-order chi connectivity index (χ0) is 16.3. The summed E-state index contributed by atoms with van der Waals surface area (Å²) < 4.78 is 5.22. The lowest BCUT2D eigenvalue weighted by molar-refractivity contribution is -0.125. The van der Waals surface area contributed by atoms with Gasteiger partial charge in [-0.2, -0.15) is 0 Å². The largest absolute Gasteiger partial charge is 0.496 e. The zero-order valence-electron chi connectivity index (χ0n) is 13.1. The van der Waals surface area contributed by atoms with Gasteiger partial charge in [0.15, 0.2) is 0 Å². The number of benzene rings is 1. The SMILES string of the molecule is CNC(=O)C1CCN(C(=O)c2cc(Cl)c(N)cc2OC)CC1.Cl. The number of ether oxygens (including phenoxy) is 1. The van der Waals surface area contributed by atoms with Crippen molar-refractivity contribution >= 4 is 41.5 Å². The zero-order valence-corrected chi connectivity index (χ0v) is 14.7. The maximum Gasteiger partial charge on any atom is 0.257 e. The first kappa shape index (κ1) is 19.4. The van der Waals surface area contributed by atoms with Crippen molar-refractivity contribution < 1.29 is 14.3 Å². The Bertz CT molecular complexity index is 588. The molecule has 1 aliphatic heterocycles. The van der Waals surface area contributed by atoms with Crippen LogP contribution in [0.2, 0.25) is 5.02 Å². The molecule has 128 valence electrons. The predicted octanol–water partition coefficient (Wildman–Crippen LogP) is 1.95. The first-order valence-corrected chi connectivity index (χ1v) is 7.49. The van der Waals surface area contributed by atoms with Crippen LogP contribution in [0, 0.1) is 5.92 Å². The monoisotopic (exact) mass is 361 g/mol. The fraction of sp³-hybridized carbons (Fsp3) is 0.467. The molecular formula is C15H21Cl2N3O3. The number of hydrogen-bond donors (Lipinski definition) is 2. The third-order valence-electron chi connectivity index (χ3n) is 3.95. The molecule has 1 aromatic rings. The Morgan fingerprint density at radius 3 is 2.48 bits per heavy atom. The Kier molecular flexibility index (Phi) is 6.97. The molecule has 2 rings (SSSR count). The predicted molar refractivity (Wildman–Crippen MR) is 92.4 cm³/mol. The van der Waals surface area contributed by atoms with Gasteiger partial charge in [0.25, 0.3) is 5.91 Å². The molecule has 2 amide bonds. The quantitative estimate of drug-likeness (QED) is 0.805. The van der Waals surface area contributed by atoms with Crippen molar-refractivity contribution in [3.63, 3.8) is 0 Å². The molecule has 0 aliphatic carbocycles. The minimum absolute atomic E-state index is 0. The number of nitrogens with one attached hydrogen (secondary N) is 1. The van der Waals surface area contributed by atoms with E-state index in [0.29, 0.717) is 48.0 Å². The van der Waals surface area contributed by atoms with E-state index in [1.165, 1.54) is 13.2 Å². The number of rotatable bonds is 3. The number of amides is 2. The van der Waals surface area contributed by atoms with Crippen LogP contribution in [-0.2, 0) is 4.79 Å². The summed E-state index contributed by atoms with van der Waals surface area (Å²) in [5, 5.41) is 2.97. The standard InChI is InChI=1S/C15H20ClN3O3.ClH/c1-18-14(20)9-3-5-19(6-4-9)15(21)10-7-11(16)12(17)8-13(10)22-2;/h7-9H,3-6,17H2,1-2H3,(H,18,20);1H. The maximum atomic E-state index is 12.6. The number of piperidine rings is 1. The Morgan fingerprint density at radius 2 is 1.96 bits per heavy atom. The van der Waals surface area contributed by atoms with Gasteiger partial charge in [-0.1, -0.05) is 11.6 Å². The van der Waals surface area contributed by atoms with Crippen LogP contribution in [0.25, 0.3) is 0 Å². The first-order valence-electron chi connectivity index (χ1n) is 7.11. The fourth-order valence-electron chi connectivity index (χ4n) is 2.62. The Hall–Kier alpha value is -1.66. The highest BCUT2D eigenvalue weighted by atomic mass is 35.5. The highest BCUT2D eigenvalue weighted by Gasteiger charge is 2.28. The van der Waals surface area contributed by atoms with Gasteiger partial charge in [-0.15, -0.1) is 12.4 Å². The molecule has 1 aromatic carbocycles. The van der Waals surface area contributed by atoms with E-state index >= 15 is 0 Å². The van der Waals surface area contributed by atoms with Crippen LogP contribution in [-0.4, -0.2) is 44.0 Å². The second kappa shape index (κ2) is 8.26. The van der Waals surface area contributed by atoms with Crippen molar-refractivity contribution in [2.24, 2.45) is 5.92 Å². The van der Waals surface area contributed by atoms with Crippen LogP contribution in [0.4, 0.5) is 5.69 Å². The highest BCUT2D eigenvalue weighted by Crippen LogP contribution is 2.30. The molecule has 23 heavy (non-hydrogen) atoms. The number of hydrogen-bond acceptors (Lipinski definition) is 4. The number of likely N-dealkylation sites (tertiary alicyclic amines) is 1. The van der Waals surface area contributed by atoms with Crippen LogP contribution in [0.15, 0.2) is 12.1 Å². The molecule has 0 saturated carbocycles. The van der Waals surface area contributed by atoms with Crippen molar-refractivity contribution in [3.05, 3.63) is 22.7 Å². The number of nitrogen functional groups attached to an aromatic ring is 1. The molecule has 8 heteroatoms. The van der Waals surface area contributed by atoms with Gasteiger partial charge in [0, 0.05) is 32.1 Å². The van der Waals surface area contributed by atoms with E-state index in [4.69, 9.17) is 22.1 Å². The molecule has 1 heterocycles. The van der Waals surface area contributed by atoms with Crippen LogP contribution in [0.1, 0.15) is 23.2 Å². The Morgan fingerprint density at radius 1 is 1.35 bits per heavy atom. The van der Waals surface area contributed by atoms with Crippen LogP contribution >= 0.6 is 24.0 Å². The van der Waals surface area contributed by atoms with E-state index in [9.17, 15) is 9.59 Å². The van der Waals surface area contributed by atoms with Gasteiger partial charge in [-0.3, -0.25) is 9.59 Å². The molecule has 3 N–H and O–H groups in total. The number of halogens is 2. The maximum absolute atomic E-state index is 12.6. The molecule has 1 fully saturated rings. The van der Waals surface area contributed by atoms with E-state index in [1.807, 2.05) is 0 Å². The van der Waals surface area contributed by atoms with Crippen LogP contribution < -0.4 is 15.8 Å². The number of nitrogens with zero attached hydrogens (tertiary/aromatic N) is 1. The fourth-order valence-corrected chi connectivity index (χ4v) is 2.79. The smallest absolute Gasteiger partial charge is 0.257 e. The number of carbonyl (C=O) groups excluding carboxylic acids is 2. The van der Waals surface area contributed by atoms with Crippen LogP contribution in [0.5, 0.6) is 5.75 Å². The second-order valence-electron chi connectivity index (χ2n) is 5.25. The van der Waals surface area contributed by atoms with Crippen LogP contribution in [0.3, 0.4) is 0 Å². The Balaban J connectivity index is 0.00000264. The molecule has 1 saturated heterocycles. The van der Waals surface area contributed by atoms with E-state index < -0.39 is 0 Å². The lowest BCUT2D eigenvalue weighted by Crippen LogP contribution is -2.42. The molecule has 6 nitrogen and oxygen atoms in total. The van der Waals surface area contributed by atoms with E-state index in [-0.39, 0.29) is 30.1 Å². The number of anilines is 1. The van der Waals surface area contributed by atoms with Crippen molar-refractivity contribution in [1.29, 1.82) is 0 Å². The average molecular weight is 362 g/mol. The van der Waals surface area contributed by atoms with E-state index in [1.54, 1.807) is 18.0 Å². The molecular weight excluding hydrogens is 341 g/mol. The van der Waals surface area contributed by atoms with E-state index in [0.717, 1.165) is 0 Å². The highest BCUT2D eigenvalue weighted by molar-refractivity contribution is 6.33. The molecule has 0 atom stereocenters. The van der Waals surface area contributed by atoms with Gasteiger partial charge in [-0.05, 0) is 18.9 Å². The Labute approximate surface area is 146 Å². The molecule has 0 spiro atoms.